The molecule has 0 fully saturated rings. The van der Waals surface area contributed by atoms with Gasteiger partial charge in [0.25, 0.3) is 0 Å². The van der Waals surface area contributed by atoms with Crippen LogP contribution < -0.4 is 15.4 Å². The first-order chi connectivity index (χ1) is 10.7. The Morgan fingerprint density at radius 3 is 2.61 bits per heavy atom. The zero-order valence-electron chi connectivity index (χ0n) is 14.0. The molecule has 0 amide bonds. The van der Waals surface area contributed by atoms with E-state index in [2.05, 4.69) is 54.6 Å². The summed E-state index contributed by atoms with van der Waals surface area (Å²) >= 11 is 0. The Bertz CT molecular complexity index is 623. The van der Waals surface area contributed by atoms with Crippen molar-refractivity contribution >= 4 is 40.7 Å². The second kappa shape index (κ2) is 10.3. The van der Waals surface area contributed by atoms with Crippen molar-refractivity contribution in [2.75, 3.05) is 19.7 Å². The van der Waals surface area contributed by atoms with Gasteiger partial charge in [-0.25, -0.2) is 4.99 Å². The Morgan fingerprint density at radius 2 is 1.87 bits per heavy atom. The fraction of sp³-hybridized carbons (Fsp3) is 0.389. The number of nitrogens with one attached hydrogen (secondary N) is 2. The van der Waals surface area contributed by atoms with Crippen LogP contribution in [0.25, 0.3) is 10.8 Å². The summed E-state index contributed by atoms with van der Waals surface area (Å²) in [7, 11) is 0. The smallest absolute Gasteiger partial charge is 0.191 e. The fourth-order valence-electron chi connectivity index (χ4n) is 2.23. The highest BCUT2D eigenvalue weighted by molar-refractivity contribution is 14.0. The van der Waals surface area contributed by atoms with Gasteiger partial charge in [0.05, 0.1) is 6.54 Å². The molecule has 0 aliphatic heterocycles. The van der Waals surface area contributed by atoms with E-state index >= 15 is 0 Å². The highest BCUT2D eigenvalue weighted by Crippen LogP contribution is 2.24. The van der Waals surface area contributed by atoms with Gasteiger partial charge in [-0.05, 0) is 32.2 Å². The second-order valence-corrected chi connectivity index (χ2v) is 5.39. The maximum Gasteiger partial charge on any atom is 0.191 e. The van der Waals surface area contributed by atoms with Gasteiger partial charge in [-0.15, -0.1) is 24.0 Å². The van der Waals surface area contributed by atoms with Gasteiger partial charge in [0, 0.05) is 18.0 Å². The average molecular weight is 427 g/mol. The van der Waals surface area contributed by atoms with Gasteiger partial charge < -0.3 is 15.4 Å². The first kappa shape index (κ1) is 19.5. The van der Waals surface area contributed by atoms with Gasteiger partial charge in [0.15, 0.2) is 5.96 Å². The predicted octanol–water partition coefficient (Wildman–Crippen LogP) is 3.80. The molecule has 0 saturated carbocycles. The Hall–Kier alpha value is -1.50. The largest absolute Gasteiger partial charge is 0.491 e. The molecule has 5 heteroatoms. The highest BCUT2D eigenvalue weighted by Gasteiger charge is 2.02. The minimum absolute atomic E-state index is 0. The van der Waals surface area contributed by atoms with E-state index in [1.54, 1.807) is 0 Å². The number of aliphatic imine (C=N–C) groups is 1. The Balaban J connectivity index is 0.00000264. The summed E-state index contributed by atoms with van der Waals surface area (Å²) in [6.07, 6.45) is 0. The van der Waals surface area contributed by atoms with E-state index in [1.807, 2.05) is 24.3 Å². The number of hydrogen-bond donors (Lipinski definition) is 2. The van der Waals surface area contributed by atoms with Crippen molar-refractivity contribution < 1.29 is 4.74 Å². The number of nitrogens with zero attached hydrogens (tertiary/aromatic N) is 1. The topological polar surface area (TPSA) is 45.7 Å². The maximum atomic E-state index is 5.89. The van der Waals surface area contributed by atoms with Crippen molar-refractivity contribution in [3.05, 3.63) is 42.5 Å². The molecular formula is C18H26IN3O. The van der Waals surface area contributed by atoms with Crippen molar-refractivity contribution in [3.8, 4) is 5.75 Å². The first-order valence-electron chi connectivity index (χ1n) is 7.86. The average Bonchev–Trinajstić information content (AvgIpc) is 2.51. The zero-order valence-corrected chi connectivity index (χ0v) is 16.3. The molecular weight excluding hydrogens is 401 g/mol. The Labute approximate surface area is 155 Å². The number of fused-ring (bicyclic) bond motifs is 1. The van der Waals surface area contributed by atoms with E-state index in [0.29, 0.717) is 19.2 Å². The van der Waals surface area contributed by atoms with Crippen molar-refractivity contribution in [1.29, 1.82) is 0 Å². The molecule has 2 aromatic carbocycles. The Kier molecular flexibility index (Phi) is 8.76. The van der Waals surface area contributed by atoms with Gasteiger partial charge in [0.1, 0.15) is 12.4 Å². The van der Waals surface area contributed by atoms with Crippen LogP contribution in [-0.4, -0.2) is 31.7 Å². The molecule has 0 aliphatic rings. The summed E-state index contributed by atoms with van der Waals surface area (Å²) in [5, 5.41) is 8.85. The molecule has 0 spiro atoms. The molecule has 0 bridgehead atoms. The summed E-state index contributed by atoms with van der Waals surface area (Å²) in [5.41, 5.74) is 0. The SMILES string of the molecule is CCNC(=NCCOc1cccc2ccccc12)NC(C)C.I. The molecule has 4 nitrogen and oxygen atoms in total. The minimum atomic E-state index is 0. The summed E-state index contributed by atoms with van der Waals surface area (Å²) < 4.78 is 5.89. The first-order valence-corrected chi connectivity index (χ1v) is 7.86. The fourth-order valence-corrected chi connectivity index (χ4v) is 2.23. The number of rotatable bonds is 6. The van der Waals surface area contributed by atoms with Gasteiger partial charge in [-0.2, -0.15) is 0 Å². The summed E-state index contributed by atoms with van der Waals surface area (Å²) in [5.74, 6) is 1.74. The number of guanidine groups is 1. The third-order valence-corrected chi connectivity index (χ3v) is 3.14. The molecule has 0 radical (unpaired) electrons. The lowest BCUT2D eigenvalue weighted by Crippen LogP contribution is -2.41. The molecule has 0 heterocycles. The van der Waals surface area contributed by atoms with E-state index in [1.165, 1.54) is 5.39 Å². The molecule has 2 N–H and O–H groups in total. The van der Waals surface area contributed by atoms with Crippen LogP contribution in [0.15, 0.2) is 47.5 Å². The maximum absolute atomic E-state index is 5.89. The van der Waals surface area contributed by atoms with E-state index in [0.717, 1.165) is 23.6 Å². The number of benzene rings is 2. The van der Waals surface area contributed by atoms with Gasteiger partial charge in [-0.3, -0.25) is 0 Å². The quantitative estimate of drug-likeness (QED) is 0.319. The predicted molar refractivity (Wildman–Crippen MR) is 109 cm³/mol. The van der Waals surface area contributed by atoms with E-state index in [-0.39, 0.29) is 24.0 Å². The van der Waals surface area contributed by atoms with Gasteiger partial charge in [-0.1, -0.05) is 36.4 Å². The molecule has 2 rings (SSSR count). The normalized spacial score (nSPS) is 11.2. The van der Waals surface area contributed by atoms with Crippen LogP contribution >= 0.6 is 24.0 Å². The summed E-state index contributed by atoms with van der Waals surface area (Å²) in [6, 6.07) is 14.7. The van der Waals surface area contributed by atoms with Crippen molar-refractivity contribution in [2.24, 2.45) is 4.99 Å². The summed E-state index contributed by atoms with van der Waals surface area (Å²) in [6.45, 7) is 8.28. The van der Waals surface area contributed by atoms with Gasteiger partial charge in [0.2, 0.25) is 0 Å². The molecule has 126 valence electrons. The molecule has 23 heavy (non-hydrogen) atoms. The lowest BCUT2D eigenvalue weighted by atomic mass is 10.1. The van der Waals surface area contributed by atoms with Crippen LogP contribution in [0.1, 0.15) is 20.8 Å². The number of hydrogen-bond acceptors (Lipinski definition) is 2. The standard InChI is InChI=1S/C18H25N3O.HI/c1-4-19-18(21-14(2)3)20-12-13-22-17-11-7-9-15-8-5-6-10-16(15)17;/h5-11,14H,4,12-13H2,1-3H3,(H2,19,20,21);1H. The molecule has 0 unspecified atom stereocenters. The third kappa shape index (κ3) is 6.25. The minimum Gasteiger partial charge on any atom is -0.491 e. The monoisotopic (exact) mass is 427 g/mol. The van der Waals surface area contributed by atoms with Crippen LogP contribution in [0.2, 0.25) is 0 Å². The third-order valence-electron chi connectivity index (χ3n) is 3.14. The number of ether oxygens (including phenoxy) is 1. The van der Waals surface area contributed by atoms with Crippen LogP contribution in [0.5, 0.6) is 5.75 Å². The van der Waals surface area contributed by atoms with Crippen LogP contribution in [0.4, 0.5) is 0 Å². The molecule has 0 saturated heterocycles. The molecule has 0 aromatic heterocycles. The zero-order chi connectivity index (χ0) is 15.8. The lowest BCUT2D eigenvalue weighted by Gasteiger charge is -2.14. The molecule has 0 atom stereocenters. The van der Waals surface area contributed by atoms with E-state index in [4.69, 9.17) is 4.74 Å². The van der Waals surface area contributed by atoms with Gasteiger partial charge >= 0.3 is 0 Å². The van der Waals surface area contributed by atoms with Crippen molar-refractivity contribution in [1.82, 2.24) is 10.6 Å². The number of halogens is 1. The van der Waals surface area contributed by atoms with Crippen LogP contribution in [0.3, 0.4) is 0 Å². The van der Waals surface area contributed by atoms with Crippen molar-refractivity contribution in [3.63, 3.8) is 0 Å². The lowest BCUT2D eigenvalue weighted by molar-refractivity contribution is 0.332. The Morgan fingerprint density at radius 1 is 1.13 bits per heavy atom. The summed E-state index contributed by atoms with van der Waals surface area (Å²) in [4.78, 5) is 4.52. The highest BCUT2D eigenvalue weighted by atomic mass is 127. The molecule has 2 aromatic rings. The van der Waals surface area contributed by atoms with E-state index < -0.39 is 0 Å². The van der Waals surface area contributed by atoms with Crippen molar-refractivity contribution in [2.45, 2.75) is 26.8 Å². The van der Waals surface area contributed by atoms with E-state index in [9.17, 15) is 0 Å². The van der Waals surface area contributed by atoms with Crippen LogP contribution in [0, 0.1) is 0 Å². The van der Waals surface area contributed by atoms with Crippen LogP contribution in [-0.2, 0) is 0 Å². The second-order valence-electron chi connectivity index (χ2n) is 5.39. The molecule has 0 aliphatic carbocycles.